The fraction of sp³-hybridized carbons (Fsp3) is 0.143. The summed E-state index contributed by atoms with van der Waals surface area (Å²) in [4.78, 5) is 19.9. The number of nitrogens with two attached hydrogens (primary N) is 1. The predicted molar refractivity (Wildman–Crippen MR) is 77.7 cm³/mol. The quantitative estimate of drug-likeness (QED) is 0.328. The maximum atomic E-state index is 12.3. The normalized spacial score (nSPS) is 12.7. The minimum Gasteiger partial charge on any atom is -0.409 e. The molecule has 0 aliphatic rings. The third kappa shape index (κ3) is 4.00. The van der Waals surface area contributed by atoms with Gasteiger partial charge in [-0.1, -0.05) is 35.5 Å². The van der Waals surface area contributed by atoms with Crippen LogP contribution in [0.3, 0.4) is 0 Å². The second-order valence-corrected chi connectivity index (χ2v) is 4.38. The average Bonchev–Trinajstić information content (AvgIpc) is 2.53. The maximum absolute atomic E-state index is 12.3. The smallest absolute Gasteiger partial charge is 0.235 e. The number of amides is 1. The molecule has 0 fully saturated rings. The molecule has 1 heterocycles. The van der Waals surface area contributed by atoms with Crippen molar-refractivity contribution in [3.05, 3.63) is 54.6 Å². The van der Waals surface area contributed by atoms with Crippen molar-refractivity contribution in [2.24, 2.45) is 16.8 Å². The molecular formula is C14H15N5O2. The zero-order chi connectivity index (χ0) is 15.1. The number of hydrogen-bond donors (Lipinski definition) is 3. The summed E-state index contributed by atoms with van der Waals surface area (Å²) in [5.41, 5.74) is 6.99. The zero-order valence-corrected chi connectivity index (χ0v) is 11.2. The highest BCUT2D eigenvalue weighted by atomic mass is 16.4. The Balaban J connectivity index is 2.14. The van der Waals surface area contributed by atoms with Crippen LogP contribution in [0.4, 0.5) is 5.69 Å². The van der Waals surface area contributed by atoms with Gasteiger partial charge < -0.3 is 16.3 Å². The van der Waals surface area contributed by atoms with Crippen LogP contribution < -0.4 is 11.1 Å². The van der Waals surface area contributed by atoms with Gasteiger partial charge in [0.1, 0.15) is 12.2 Å². The Kier molecular flexibility index (Phi) is 4.81. The first-order valence-electron chi connectivity index (χ1n) is 6.28. The fourth-order valence-corrected chi connectivity index (χ4v) is 1.84. The molecule has 0 saturated heterocycles. The fourth-order valence-electron chi connectivity index (χ4n) is 1.84. The summed E-state index contributed by atoms with van der Waals surface area (Å²) in [5.74, 6) is -1.31. The lowest BCUT2D eigenvalue weighted by Gasteiger charge is -2.15. The maximum Gasteiger partial charge on any atom is 0.235 e. The number of hydrogen-bond acceptors (Lipinski definition) is 5. The van der Waals surface area contributed by atoms with Crippen molar-refractivity contribution in [3.8, 4) is 0 Å². The molecule has 1 unspecified atom stereocenters. The van der Waals surface area contributed by atoms with Gasteiger partial charge in [-0.05, 0) is 12.0 Å². The highest BCUT2D eigenvalue weighted by Gasteiger charge is 2.24. The topological polar surface area (TPSA) is 113 Å². The number of benzene rings is 1. The first kappa shape index (κ1) is 14.4. The van der Waals surface area contributed by atoms with Gasteiger partial charge in [0.05, 0.1) is 18.1 Å². The van der Waals surface area contributed by atoms with E-state index in [0.717, 1.165) is 5.56 Å². The lowest BCUT2D eigenvalue weighted by molar-refractivity contribution is -0.118. The number of aromatic nitrogens is 2. The minimum absolute atomic E-state index is 0.145. The summed E-state index contributed by atoms with van der Waals surface area (Å²) in [6.45, 7) is 0. The number of carbonyl (C=O) groups excluding carboxylic acids is 1. The number of carbonyl (C=O) groups is 1. The van der Waals surface area contributed by atoms with Gasteiger partial charge in [0.2, 0.25) is 5.91 Å². The van der Waals surface area contributed by atoms with E-state index in [-0.39, 0.29) is 11.7 Å². The van der Waals surface area contributed by atoms with Crippen molar-refractivity contribution in [1.29, 1.82) is 0 Å². The highest BCUT2D eigenvalue weighted by Crippen LogP contribution is 2.12. The molecule has 1 aromatic heterocycles. The van der Waals surface area contributed by atoms with Gasteiger partial charge in [-0.25, -0.2) is 9.97 Å². The van der Waals surface area contributed by atoms with Crippen LogP contribution in [0.5, 0.6) is 0 Å². The lowest BCUT2D eigenvalue weighted by Crippen LogP contribution is -2.36. The highest BCUT2D eigenvalue weighted by molar-refractivity contribution is 6.07. The first-order chi connectivity index (χ1) is 10.2. The molecule has 1 amide bonds. The van der Waals surface area contributed by atoms with Crippen LogP contribution in [0.15, 0.2) is 54.2 Å². The van der Waals surface area contributed by atoms with Crippen molar-refractivity contribution >= 4 is 17.4 Å². The minimum atomic E-state index is -0.780. The Labute approximate surface area is 121 Å². The molecule has 21 heavy (non-hydrogen) atoms. The molecule has 0 radical (unpaired) electrons. The summed E-state index contributed by atoms with van der Waals surface area (Å²) < 4.78 is 0. The van der Waals surface area contributed by atoms with E-state index in [4.69, 9.17) is 10.9 Å². The van der Waals surface area contributed by atoms with Gasteiger partial charge in [-0.3, -0.25) is 4.79 Å². The monoisotopic (exact) mass is 285 g/mol. The van der Waals surface area contributed by atoms with Crippen LogP contribution in [0, 0.1) is 5.92 Å². The lowest BCUT2D eigenvalue weighted by atomic mass is 9.97. The van der Waals surface area contributed by atoms with Crippen molar-refractivity contribution in [1.82, 2.24) is 9.97 Å². The summed E-state index contributed by atoms with van der Waals surface area (Å²) in [7, 11) is 0. The number of anilines is 1. The van der Waals surface area contributed by atoms with Crippen LogP contribution in [0.2, 0.25) is 0 Å². The SMILES string of the molecule is N/C(=N/O)C(Cc1ccccc1)C(=O)Nc1cncnc1. The Morgan fingerprint density at radius 3 is 2.57 bits per heavy atom. The van der Waals surface area contributed by atoms with Gasteiger partial charge in [0, 0.05) is 0 Å². The van der Waals surface area contributed by atoms with Crippen LogP contribution >= 0.6 is 0 Å². The third-order valence-corrected chi connectivity index (χ3v) is 2.90. The van der Waals surface area contributed by atoms with Crippen molar-refractivity contribution < 1.29 is 10.0 Å². The summed E-state index contributed by atoms with van der Waals surface area (Å²) in [6.07, 6.45) is 4.63. The molecule has 0 aliphatic carbocycles. The summed E-state index contributed by atoms with van der Waals surface area (Å²) in [5, 5.41) is 14.4. The molecule has 0 saturated carbocycles. The molecule has 0 bridgehead atoms. The van der Waals surface area contributed by atoms with E-state index in [0.29, 0.717) is 12.1 Å². The van der Waals surface area contributed by atoms with E-state index in [1.54, 1.807) is 0 Å². The molecule has 4 N–H and O–H groups in total. The third-order valence-electron chi connectivity index (χ3n) is 2.90. The molecule has 1 aromatic carbocycles. The van der Waals surface area contributed by atoms with Crippen molar-refractivity contribution in [2.45, 2.75) is 6.42 Å². The zero-order valence-electron chi connectivity index (χ0n) is 11.2. The Morgan fingerprint density at radius 2 is 1.95 bits per heavy atom. The molecule has 7 heteroatoms. The van der Waals surface area contributed by atoms with E-state index >= 15 is 0 Å². The molecular weight excluding hydrogens is 270 g/mol. The number of nitrogens with zero attached hydrogens (tertiary/aromatic N) is 3. The second-order valence-electron chi connectivity index (χ2n) is 4.38. The van der Waals surface area contributed by atoms with E-state index in [1.807, 2.05) is 30.3 Å². The number of amidine groups is 1. The Hall–Kier alpha value is -2.96. The van der Waals surface area contributed by atoms with Gasteiger partial charge >= 0.3 is 0 Å². The van der Waals surface area contributed by atoms with E-state index in [2.05, 4.69) is 20.4 Å². The van der Waals surface area contributed by atoms with Crippen LogP contribution in [-0.4, -0.2) is 26.9 Å². The van der Waals surface area contributed by atoms with Gasteiger partial charge in [0.15, 0.2) is 5.84 Å². The molecule has 108 valence electrons. The molecule has 0 aliphatic heterocycles. The van der Waals surface area contributed by atoms with Gasteiger partial charge in [-0.2, -0.15) is 0 Å². The molecule has 2 aromatic rings. The van der Waals surface area contributed by atoms with E-state index < -0.39 is 5.92 Å². The number of oxime groups is 1. The molecule has 1 atom stereocenters. The molecule has 0 spiro atoms. The second kappa shape index (κ2) is 6.99. The molecule has 2 rings (SSSR count). The molecule has 7 nitrogen and oxygen atoms in total. The van der Waals surface area contributed by atoms with Crippen molar-refractivity contribution in [2.75, 3.05) is 5.32 Å². The van der Waals surface area contributed by atoms with Gasteiger partial charge in [-0.15, -0.1) is 0 Å². The predicted octanol–water partition coefficient (Wildman–Crippen LogP) is 1.02. The van der Waals surface area contributed by atoms with E-state index in [1.165, 1.54) is 18.7 Å². The average molecular weight is 285 g/mol. The first-order valence-corrected chi connectivity index (χ1v) is 6.28. The van der Waals surface area contributed by atoms with Crippen LogP contribution in [0.25, 0.3) is 0 Å². The Morgan fingerprint density at radius 1 is 1.29 bits per heavy atom. The number of rotatable bonds is 5. The van der Waals surface area contributed by atoms with Crippen LogP contribution in [0.1, 0.15) is 5.56 Å². The summed E-state index contributed by atoms with van der Waals surface area (Å²) >= 11 is 0. The summed E-state index contributed by atoms with van der Waals surface area (Å²) in [6, 6.07) is 9.35. The van der Waals surface area contributed by atoms with Crippen LogP contribution in [-0.2, 0) is 11.2 Å². The van der Waals surface area contributed by atoms with Crippen molar-refractivity contribution in [3.63, 3.8) is 0 Å². The van der Waals surface area contributed by atoms with E-state index in [9.17, 15) is 4.79 Å². The standard InChI is InChI=1S/C14H15N5O2/c15-13(19-21)12(6-10-4-2-1-3-5-10)14(20)18-11-7-16-9-17-8-11/h1-5,7-9,12,21H,6H2,(H2,15,19)(H,18,20). The number of nitrogens with one attached hydrogen (secondary N) is 1. The largest absolute Gasteiger partial charge is 0.409 e. The Bertz CT molecular complexity index is 616. The van der Waals surface area contributed by atoms with Gasteiger partial charge in [0.25, 0.3) is 0 Å².